The molecule has 7 heteroatoms. The maximum absolute atomic E-state index is 12.5. The van der Waals surface area contributed by atoms with Crippen LogP contribution in [0.2, 0.25) is 0 Å². The molecule has 0 bridgehead atoms. The van der Waals surface area contributed by atoms with Crippen molar-refractivity contribution in [3.63, 3.8) is 0 Å². The van der Waals surface area contributed by atoms with Crippen LogP contribution in [-0.4, -0.2) is 19.6 Å². The van der Waals surface area contributed by atoms with Gasteiger partial charge in [-0.15, -0.1) is 0 Å². The highest BCUT2D eigenvalue weighted by atomic mass is 19.3. The molecule has 0 aliphatic carbocycles. The van der Waals surface area contributed by atoms with Gasteiger partial charge in [0, 0.05) is 22.6 Å². The predicted molar refractivity (Wildman–Crippen MR) is 104 cm³/mol. The third-order valence-corrected chi connectivity index (χ3v) is 3.82. The van der Waals surface area contributed by atoms with E-state index in [9.17, 15) is 13.6 Å². The third kappa shape index (κ3) is 4.97. The van der Waals surface area contributed by atoms with Crippen molar-refractivity contribution in [2.75, 3.05) is 17.7 Å². The normalized spacial score (nSPS) is 10.4. The average Bonchev–Trinajstić information content (AvgIpc) is 2.69. The van der Waals surface area contributed by atoms with Crippen molar-refractivity contribution in [3.05, 3.63) is 78.4 Å². The number of ether oxygens (including phenoxy) is 2. The van der Waals surface area contributed by atoms with Crippen LogP contribution in [0.15, 0.2) is 72.8 Å². The van der Waals surface area contributed by atoms with Gasteiger partial charge in [0.2, 0.25) is 0 Å². The molecule has 3 aromatic carbocycles. The number of anilines is 3. The molecule has 28 heavy (non-hydrogen) atoms. The average molecular weight is 384 g/mol. The molecule has 2 N–H and O–H groups in total. The minimum absolute atomic E-state index is 0.0486. The van der Waals surface area contributed by atoms with Crippen LogP contribution >= 0.6 is 0 Å². The Morgan fingerprint density at radius 2 is 1.57 bits per heavy atom. The van der Waals surface area contributed by atoms with Gasteiger partial charge in [0.15, 0.2) is 11.5 Å². The van der Waals surface area contributed by atoms with E-state index in [-0.39, 0.29) is 17.1 Å². The zero-order valence-electron chi connectivity index (χ0n) is 15.0. The molecule has 0 radical (unpaired) electrons. The fourth-order valence-corrected chi connectivity index (χ4v) is 2.57. The largest absolute Gasteiger partial charge is 0.493 e. The van der Waals surface area contributed by atoms with Crippen LogP contribution in [0.25, 0.3) is 0 Å². The third-order valence-electron chi connectivity index (χ3n) is 3.82. The number of rotatable bonds is 7. The second-order valence-electron chi connectivity index (χ2n) is 5.77. The van der Waals surface area contributed by atoms with Crippen LogP contribution in [0.1, 0.15) is 10.4 Å². The molecule has 0 atom stereocenters. The van der Waals surface area contributed by atoms with Gasteiger partial charge in [0.05, 0.1) is 7.11 Å². The Balaban J connectivity index is 1.73. The zero-order chi connectivity index (χ0) is 19.9. The standard InChI is InChI=1S/C21H18F2N2O3/c1-27-19-12-14(10-11-18(19)28-21(22)23)20(26)25-17-9-5-8-16(13-17)24-15-6-3-2-4-7-15/h2-13,21,24H,1H3,(H,25,26). The summed E-state index contributed by atoms with van der Waals surface area (Å²) in [6, 6.07) is 20.9. The first kappa shape index (κ1) is 19.2. The number of nitrogens with one attached hydrogen (secondary N) is 2. The van der Waals surface area contributed by atoms with E-state index in [2.05, 4.69) is 15.4 Å². The Morgan fingerprint density at radius 1 is 0.857 bits per heavy atom. The highest BCUT2D eigenvalue weighted by Gasteiger charge is 2.14. The van der Waals surface area contributed by atoms with E-state index in [0.717, 1.165) is 11.4 Å². The molecule has 0 heterocycles. The molecule has 0 aliphatic heterocycles. The summed E-state index contributed by atoms with van der Waals surface area (Å²) >= 11 is 0. The van der Waals surface area contributed by atoms with Crippen LogP contribution < -0.4 is 20.1 Å². The van der Waals surface area contributed by atoms with E-state index in [1.807, 2.05) is 36.4 Å². The van der Waals surface area contributed by atoms with Crippen molar-refractivity contribution < 1.29 is 23.0 Å². The predicted octanol–water partition coefficient (Wildman–Crippen LogP) is 5.29. The quantitative estimate of drug-likeness (QED) is 0.581. The second kappa shape index (κ2) is 8.85. The highest BCUT2D eigenvalue weighted by Crippen LogP contribution is 2.30. The van der Waals surface area contributed by atoms with E-state index in [1.165, 1.54) is 25.3 Å². The van der Waals surface area contributed by atoms with Crippen LogP contribution in [0.5, 0.6) is 11.5 Å². The number of amides is 1. The van der Waals surface area contributed by atoms with Gasteiger partial charge >= 0.3 is 6.61 Å². The highest BCUT2D eigenvalue weighted by molar-refractivity contribution is 6.04. The maximum Gasteiger partial charge on any atom is 0.387 e. The molecular formula is C21H18F2N2O3. The van der Waals surface area contributed by atoms with Crippen LogP contribution in [-0.2, 0) is 0 Å². The molecule has 3 rings (SSSR count). The maximum atomic E-state index is 12.5. The number of hydrogen-bond donors (Lipinski definition) is 2. The summed E-state index contributed by atoms with van der Waals surface area (Å²) < 4.78 is 34.2. The number of benzene rings is 3. The molecule has 144 valence electrons. The van der Waals surface area contributed by atoms with Crippen LogP contribution in [0.3, 0.4) is 0 Å². The summed E-state index contributed by atoms with van der Waals surface area (Å²) in [5, 5.41) is 6.01. The SMILES string of the molecule is COc1cc(C(=O)Nc2cccc(Nc3ccccc3)c2)ccc1OC(F)F. The number of carbonyl (C=O) groups excluding carboxylic acids is 1. The number of carbonyl (C=O) groups is 1. The summed E-state index contributed by atoms with van der Waals surface area (Å²) in [4.78, 5) is 12.5. The molecule has 3 aromatic rings. The van der Waals surface area contributed by atoms with Crippen molar-refractivity contribution in [3.8, 4) is 11.5 Å². The molecule has 1 amide bonds. The molecular weight excluding hydrogens is 366 g/mol. The molecule has 0 fully saturated rings. The minimum Gasteiger partial charge on any atom is -0.493 e. The van der Waals surface area contributed by atoms with Gasteiger partial charge in [0.25, 0.3) is 5.91 Å². The number of alkyl halides is 2. The molecule has 5 nitrogen and oxygen atoms in total. The van der Waals surface area contributed by atoms with Gasteiger partial charge < -0.3 is 20.1 Å². The Hall–Kier alpha value is -3.61. The Kier molecular flexibility index (Phi) is 6.06. The lowest BCUT2D eigenvalue weighted by molar-refractivity contribution is -0.0512. The van der Waals surface area contributed by atoms with Crippen LogP contribution in [0, 0.1) is 0 Å². The fraction of sp³-hybridized carbons (Fsp3) is 0.0952. The number of para-hydroxylation sites is 1. The first-order valence-corrected chi connectivity index (χ1v) is 8.41. The van der Waals surface area contributed by atoms with E-state index in [0.29, 0.717) is 5.69 Å². The molecule has 0 saturated carbocycles. The van der Waals surface area contributed by atoms with Gasteiger partial charge in [-0.05, 0) is 48.5 Å². The molecule has 0 aromatic heterocycles. The van der Waals surface area contributed by atoms with E-state index in [1.54, 1.807) is 18.2 Å². The lowest BCUT2D eigenvalue weighted by Crippen LogP contribution is -2.12. The molecule has 0 aliphatic rings. The Labute approximate surface area is 160 Å². The summed E-state index contributed by atoms with van der Waals surface area (Å²) in [6.07, 6.45) is 0. The van der Waals surface area contributed by atoms with Gasteiger partial charge in [-0.1, -0.05) is 24.3 Å². The lowest BCUT2D eigenvalue weighted by atomic mass is 10.1. The smallest absolute Gasteiger partial charge is 0.387 e. The molecule has 0 unspecified atom stereocenters. The van der Waals surface area contributed by atoms with Gasteiger partial charge in [-0.25, -0.2) is 0 Å². The number of hydrogen-bond acceptors (Lipinski definition) is 4. The van der Waals surface area contributed by atoms with E-state index < -0.39 is 12.5 Å². The van der Waals surface area contributed by atoms with Crippen molar-refractivity contribution in [2.24, 2.45) is 0 Å². The van der Waals surface area contributed by atoms with Crippen molar-refractivity contribution in [1.82, 2.24) is 0 Å². The molecule has 0 spiro atoms. The van der Waals surface area contributed by atoms with Gasteiger partial charge in [0.1, 0.15) is 0 Å². The summed E-state index contributed by atoms with van der Waals surface area (Å²) in [6.45, 7) is -2.98. The monoisotopic (exact) mass is 384 g/mol. The van der Waals surface area contributed by atoms with Gasteiger partial charge in [-0.2, -0.15) is 8.78 Å². The first-order valence-electron chi connectivity index (χ1n) is 8.41. The summed E-state index contributed by atoms with van der Waals surface area (Å²) in [5.41, 5.74) is 2.56. The Bertz CT molecular complexity index is 949. The minimum atomic E-state index is -2.98. The first-order chi connectivity index (χ1) is 13.5. The Morgan fingerprint density at radius 3 is 2.29 bits per heavy atom. The second-order valence-corrected chi connectivity index (χ2v) is 5.77. The lowest BCUT2D eigenvalue weighted by Gasteiger charge is -2.12. The topological polar surface area (TPSA) is 59.6 Å². The van der Waals surface area contributed by atoms with E-state index >= 15 is 0 Å². The number of methoxy groups -OCH3 is 1. The number of halogens is 2. The van der Waals surface area contributed by atoms with Crippen molar-refractivity contribution in [2.45, 2.75) is 6.61 Å². The van der Waals surface area contributed by atoms with Gasteiger partial charge in [-0.3, -0.25) is 4.79 Å². The summed E-state index contributed by atoms with van der Waals surface area (Å²) in [5.74, 6) is -0.491. The summed E-state index contributed by atoms with van der Waals surface area (Å²) in [7, 11) is 1.31. The van der Waals surface area contributed by atoms with Crippen molar-refractivity contribution >= 4 is 23.0 Å². The molecule has 0 saturated heterocycles. The zero-order valence-corrected chi connectivity index (χ0v) is 15.0. The van der Waals surface area contributed by atoms with Crippen molar-refractivity contribution in [1.29, 1.82) is 0 Å². The van der Waals surface area contributed by atoms with E-state index in [4.69, 9.17) is 4.74 Å². The van der Waals surface area contributed by atoms with Crippen LogP contribution in [0.4, 0.5) is 25.8 Å². The fourth-order valence-electron chi connectivity index (χ4n) is 2.57.